The average Bonchev–Trinajstić information content (AvgIpc) is 2.24. The molecule has 0 bridgehead atoms. The zero-order valence-corrected chi connectivity index (χ0v) is 11.6. The van der Waals surface area contributed by atoms with Crippen molar-refractivity contribution in [3.8, 4) is 0 Å². The third kappa shape index (κ3) is 4.79. The molecule has 0 saturated carbocycles. The molecule has 1 heterocycles. The summed E-state index contributed by atoms with van der Waals surface area (Å²) < 4.78 is 27.6. The predicted molar refractivity (Wildman–Crippen MR) is 69.0 cm³/mol. The van der Waals surface area contributed by atoms with Gasteiger partial charge in [0.05, 0.1) is 12.2 Å². The van der Waals surface area contributed by atoms with Gasteiger partial charge in [-0.2, -0.15) is 0 Å². The van der Waals surface area contributed by atoms with E-state index < -0.39 is 22.3 Å². The van der Waals surface area contributed by atoms with Crippen molar-refractivity contribution in [2.24, 2.45) is 0 Å². The highest BCUT2D eigenvalue weighted by Crippen LogP contribution is 2.19. The Labute approximate surface area is 109 Å². The molecule has 0 aliphatic rings. The SMILES string of the molecule is CC(C)(C)[S@+]([O-])NC[C@H](F)c1cc(Cl)ccn1. The molecule has 0 unspecified atom stereocenters. The molecule has 96 valence electrons. The summed E-state index contributed by atoms with van der Waals surface area (Å²) in [5.41, 5.74) is 0.246. The van der Waals surface area contributed by atoms with E-state index in [1.54, 1.807) is 6.07 Å². The Bertz CT molecular complexity index is 373. The highest BCUT2D eigenvalue weighted by molar-refractivity contribution is 7.90. The van der Waals surface area contributed by atoms with E-state index in [1.165, 1.54) is 12.3 Å². The molecule has 0 aliphatic heterocycles. The van der Waals surface area contributed by atoms with Gasteiger partial charge >= 0.3 is 0 Å². The van der Waals surface area contributed by atoms with Gasteiger partial charge in [-0.15, -0.1) is 4.72 Å². The van der Waals surface area contributed by atoms with Crippen LogP contribution in [0.25, 0.3) is 0 Å². The summed E-state index contributed by atoms with van der Waals surface area (Å²) >= 11 is 4.45. The van der Waals surface area contributed by atoms with Gasteiger partial charge in [-0.05, 0) is 32.9 Å². The van der Waals surface area contributed by atoms with E-state index in [9.17, 15) is 8.94 Å². The van der Waals surface area contributed by atoms with Gasteiger partial charge in [-0.1, -0.05) is 11.6 Å². The Morgan fingerprint density at radius 2 is 2.24 bits per heavy atom. The van der Waals surface area contributed by atoms with Gasteiger partial charge < -0.3 is 4.55 Å². The molecular weight excluding hydrogens is 263 g/mol. The molecule has 1 N–H and O–H groups in total. The summed E-state index contributed by atoms with van der Waals surface area (Å²) in [6.07, 6.45) is 0.130. The lowest BCUT2D eigenvalue weighted by Gasteiger charge is -2.24. The van der Waals surface area contributed by atoms with Gasteiger partial charge in [0.1, 0.15) is 4.75 Å². The molecular formula is C11H16ClFN2OS. The summed E-state index contributed by atoms with van der Waals surface area (Å²) in [6.45, 7) is 5.42. The lowest BCUT2D eigenvalue weighted by Crippen LogP contribution is -2.40. The summed E-state index contributed by atoms with van der Waals surface area (Å²) in [5.74, 6) is 0. The fourth-order valence-corrected chi connectivity index (χ4v) is 1.96. The maximum atomic E-state index is 13.7. The van der Waals surface area contributed by atoms with E-state index in [2.05, 4.69) is 9.71 Å². The second-order valence-electron chi connectivity index (χ2n) is 4.60. The highest BCUT2D eigenvalue weighted by atomic mass is 35.5. The van der Waals surface area contributed by atoms with Crippen LogP contribution in [0.4, 0.5) is 4.39 Å². The van der Waals surface area contributed by atoms with E-state index in [-0.39, 0.29) is 12.2 Å². The third-order valence-electron chi connectivity index (χ3n) is 2.01. The smallest absolute Gasteiger partial charge is 0.159 e. The van der Waals surface area contributed by atoms with Crippen LogP contribution in [0.1, 0.15) is 32.6 Å². The standard InChI is InChI=1S/C11H16ClFN2OS/c1-11(2,3)17(16)15-7-9(13)10-6-8(12)4-5-14-10/h4-6,9,15H,7H2,1-3H3/t9-,17-/m0/s1. The second kappa shape index (κ2) is 6.00. The van der Waals surface area contributed by atoms with E-state index in [0.29, 0.717) is 5.02 Å². The van der Waals surface area contributed by atoms with Crippen LogP contribution in [0.15, 0.2) is 18.3 Å². The fourth-order valence-electron chi connectivity index (χ4n) is 1.06. The van der Waals surface area contributed by atoms with E-state index in [1.807, 2.05) is 20.8 Å². The Morgan fingerprint density at radius 1 is 1.59 bits per heavy atom. The molecule has 0 spiro atoms. The molecule has 2 atom stereocenters. The quantitative estimate of drug-likeness (QED) is 0.862. The molecule has 0 amide bonds. The summed E-state index contributed by atoms with van der Waals surface area (Å²) in [6, 6.07) is 3.05. The van der Waals surface area contributed by atoms with Gasteiger partial charge in [0.15, 0.2) is 6.17 Å². The number of nitrogens with zero attached hydrogens (tertiary/aromatic N) is 1. The minimum absolute atomic E-state index is 0.0444. The average molecular weight is 279 g/mol. The van der Waals surface area contributed by atoms with Crippen molar-refractivity contribution >= 4 is 23.0 Å². The minimum Gasteiger partial charge on any atom is -0.598 e. The fraction of sp³-hybridized carbons (Fsp3) is 0.545. The maximum Gasteiger partial charge on any atom is 0.159 e. The Kier molecular flexibility index (Phi) is 5.19. The van der Waals surface area contributed by atoms with Crippen molar-refractivity contribution in [1.82, 2.24) is 9.71 Å². The van der Waals surface area contributed by atoms with Gasteiger partial charge in [0.2, 0.25) is 0 Å². The highest BCUT2D eigenvalue weighted by Gasteiger charge is 2.27. The van der Waals surface area contributed by atoms with E-state index in [4.69, 9.17) is 11.6 Å². The maximum absolute atomic E-state index is 13.7. The molecule has 6 heteroatoms. The molecule has 1 aromatic heterocycles. The number of pyridine rings is 1. The number of rotatable bonds is 4. The van der Waals surface area contributed by atoms with Gasteiger partial charge in [-0.3, -0.25) is 4.98 Å². The summed E-state index contributed by atoms with van der Waals surface area (Å²) in [7, 11) is 0. The first-order valence-electron chi connectivity index (χ1n) is 5.21. The number of hydrogen-bond acceptors (Lipinski definition) is 3. The van der Waals surface area contributed by atoms with Crippen molar-refractivity contribution < 1.29 is 8.94 Å². The van der Waals surface area contributed by atoms with Crippen LogP contribution < -0.4 is 4.72 Å². The number of aromatic nitrogens is 1. The van der Waals surface area contributed by atoms with E-state index in [0.717, 1.165) is 0 Å². The normalized spacial score (nSPS) is 15.6. The van der Waals surface area contributed by atoms with Crippen molar-refractivity contribution in [2.45, 2.75) is 31.7 Å². The van der Waals surface area contributed by atoms with Crippen molar-refractivity contribution in [2.75, 3.05) is 6.54 Å². The predicted octanol–water partition coefficient (Wildman–Crippen LogP) is 2.80. The van der Waals surface area contributed by atoms with Gasteiger partial charge in [-0.25, -0.2) is 4.39 Å². The number of halogens is 2. The number of alkyl halides is 1. The van der Waals surface area contributed by atoms with Crippen LogP contribution in [0.2, 0.25) is 5.02 Å². The van der Waals surface area contributed by atoms with Crippen molar-refractivity contribution in [3.63, 3.8) is 0 Å². The van der Waals surface area contributed by atoms with Gasteiger partial charge in [0.25, 0.3) is 0 Å². The van der Waals surface area contributed by atoms with Gasteiger partial charge in [0, 0.05) is 22.6 Å². The molecule has 0 aromatic carbocycles. The van der Waals surface area contributed by atoms with Crippen molar-refractivity contribution in [3.05, 3.63) is 29.0 Å². The molecule has 0 aliphatic carbocycles. The first kappa shape index (κ1) is 14.7. The first-order chi connectivity index (χ1) is 7.80. The molecule has 1 rings (SSSR count). The largest absolute Gasteiger partial charge is 0.598 e. The molecule has 1 aromatic rings. The summed E-state index contributed by atoms with van der Waals surface area (Å²) in [4.78, 5) is 3.88. The molecule has 3 nitrogen and oxygen atoms in total. The van der Waals surface area contributed by atoms with Crippen LogP contribution in [-0.4, -0.2) is 20.8 Å². The monoisotopic (exact) mass is 278 g/mol. The van der Waals surface area contributed by atoms with Crippen LogP contribution >= 0.6 is 11.6 Å². The molecule has 17 heavy (non-hydrogen) atoms. The molecule has 0 fully saturated rings. The van der Waals surface area contributed by atoms with Crippen LogP contribution in [0.3, 0.4) is 0 Å². The Hall–Kier alpha value is -0.360. The lowest BCUT2D eigenvalue weighted by molar-refractivity contribution is 0.334. The second-order valence-corrected chi connectivity index (χ2v) is 7.08. The third-order valence-corrected chi connectivity index (χ3v) is 3.79. The Balaban J connectivity index is 2.53. The number of hydrogen-bond donors (Lipinski definition) is 1. The first-order valence-corrected chi connectivity index (χ1v) is 6.74. The number of nitrogens with one attached hydrogen (secondary N) is 1. The molecule has 0 radical (unpaired) electrons. The van der Waals surface area contributed by atoms with Crippen LogP contribution in [-0.2, 0) is 11.4 Å². The van der Waals surface area contributed by atoms with Crippen LogP contribution in [0.5, 0.6) is 0 Å². The topological polar surface area (TPSA) is 48.0 Å². The zero-order chi connectivity index (χ0) is 13.1. The Morgan fingerprint density at radius 3 is 2.76 bits per heavy atom. The zero-order valence-electron chi connectivity index (χ0n) is 10.0. The summed E-state index contributed by atoms with van der Waals surface area (Å²) in [5, 5.41) is 0.439. The minimum atomic E-state index is -1.32. The lowest BCUT2D eigenvalue weighted by atomic mass is 10.2. The van der Waals surface area contributed by atoms with E-state index >= 15 is 0 Å². The van der Waals surface area contributed by atoms with Crippen molar-refractivity contribution in [1.29, 1.82) is 0 Å². The molecule has 0 saturated heterocycles. The van der Waals surface area contributed by atoms with Crippen LogP contribution in [0, 0.1) is 0 Å².